The fourth-order valence-corrected chi connectivity index (χ4v) is 5.54. The first-order valence-corrected chi connectivity index (χ1v) is 8.43. The molecule has 118 valence electrons. The van der Waals surface area contributed by atoms with Crippen molar-refractivity contribution in [1.82, 2.24) is 0 Å². The number of thioether (sulfide) groups is 1. The quantitative estimate of drug-likeness (QED) is 0.769. The van der Waals surface area contributed by atoms with Crippen LogP contribution in [0.5, 0.6) is 0 Å². The van der Waals surface area contributed by atoms with Crippen LogP contribution in [-0.4, -0.2) is 21.9 Å². The highest BCUT2D eigenvalue weighted by Gasteiger charge is 2.66. The average molecular weight is 319 g/mol. The summed E-state index contributed by atoms with van der Waals surface area (Å²) >= 11 is 0.671. The van der Waals surface area contributed by atoms with E-state index >= 15 is 0 Å². The van der Waals surface area contributed by atoms with Crippen LogP contribution in [0.2, 0.25) is 0 Å². The Morgan fingerprint density at radius 1 is 1.33 bits per heavy atom. The van der Waals surface area contributed by atoms with Crippen LogP contribution in [0.3, 0.4) is 0 Å². The van der Waals surface area contributed by atoms with E-state index in [-0.39, 0.29) is 0 Å². The van der Waals surface area contributed by atoms with Gasteiger partial charge >= 0.3 is 6.18 Å². The molecule has 3 aliphatic rings. The molecule has 0 aromatic rings. The van der Waals surface area contributed by atoms with Crippen LogP contribution >= 0.6 is 11.8 Å². The summed E-state index contributed by atoms with van der Waals surface area (Å²) in [6, 6.07) is 0. The van der Waals surface area contributed by atoms with Gasteiger partial charge in [0.2, 0.25) is 0 Å². The van der Waals surface area contributed by atoms with Crippen LogP contribution in [0.4, 0.5) is 13.2 Å². The molecule has 1 amide bonds. The summed E-state index contributed by atoms with van der Waals surface area (Å²) in [7, 11) is 0. The number of amides is 1. The SMILES string of the molecule is CC(C)[C@]1(C(F)(F)F)SC(C[C@H]2C[C@@H]3CC[C@H]2C3)=NC1=O. The first-order valence-electron chi connectivity index (χ1n) is 7.61. The lowest BCUT2D eigenvalue weighted by molar-refractivity contribution is -0.175. The van der Waals surface area contributed by atoms with Gasteiger partial charge in [0.25, 0.3) is 5.91 Å². The number of rotatable bonds is 3. The van der Waals surface area contributed by atoms with E-state index in [1.54, 1.807) is 0 Å². The van der Waals surface area contributed by atoms with Gasteiger partial charge in [-0.15, -0.1) is 0 Å². The van der Waals surface area contributed by atoms with Crippen LogP contribution in [0.15, 0.2) is 4.99 Å². The molecule has 2 fully saturated rings. The summed E-state index contributed by atoms with van der Waals surface area (Å²) < 4.78 is 38.0. The van der Waals surface area contributed by atoms with Crippen molar-refractivity contribution < 1.29 is 18.0 Å². The lowest BCUT2D eigenvalue weighted by atomic mass is 9.87. The first kappa shape index (κ1) is 15.4. The lowest BCUT2D eigenvalue weighted by Gasteiger charge is -2.32. The molecule has 0 N–H and O–H groups in total. The Hall–Kier alpha value is -0.520. The van der Waals surface area contributed by atoms with Gasteiger partial charge in [-0.3, -0.25) is 4.79 Å². The molecule has 6 heteroatoms. The summed E-state index contributed by atoms with van der Waals surface area (Å²) in [5, 5.41) is 0.406. The molecule has 2 aliphatic carbocycles. The highest BCUT2D eigenvalue weighted by molar-refractivity contribution is 8.16. The number of carbonyl (C=O) groups is 1. The van der Waals surface area contributed by atoms with Crippen molar-refractivity contribution in [2.45, 2.75) is 56.9 Å². The van der Waals surface area contributed by atoms with E-state index in [4.69, 9.17) is 0 Å². The van der Waals surface area contributed by atoms with E-state index in [1.807, 2.05) is 0 Å². The summed E-state index contributed by atoms with van der Waals surface area (Å²) in [6.45, 7) is 2.91. The van der Waals surface area contributed by atoms with Crippen molar-refractivity contribution in [3.05, 3.63) is 0 Å². The van der Waals surface area contributed by atoms with Crippen LogP contribution in [0.1, 0.15) is 46.0 Å². The van der Waals surface area contributed by atoms with Crippen molar-refractivity contribution in [2.24, 2.45) is 28.7 Å². The maximum atomic E-state index is 13.4. The Balaban J connectivity index is 1.75. The summed E-state index contributed by atoms with van der Waals surface area (Å²) in [4.78, 5) is 15.8. The number of alkyl halides is 3. The second-order valence-corrected chi connectivity index (χ2v) is 8.26. The smallest absolute Gasteiger partial charge is 0.271 e. The fourth-order valence-electron chi connectivity index (χ4n) is 4.26. The van der Waals surface area contributed by atoms with E-state index < -0.39 is 22.7 Å². The number of hydrogen-bond donors (Lipinski definition) is 0. The second kappa shape index (κ2) is 5.00. The average Bonchev–Trinajstić information content (AvgIpc) is 3.02. The Kier molecular flexibility index (Phi) is 3.66. The summed E-state index contributed by atoms with van der Waals surface area (Å²) in [5.74, 6) is -0.00283. The molecule has 0 radical (unpaired) electrons. The number of aliphatic imine (C=N–C) groups is 1. The van der Waals surface area contributed by atoms with E-state index in [0.29, 0.717) is 35.1 Å². The molecule has 1 aliphatic heterocycles. The van der Waals surface area contributed by atoms with E-state index in [9.17, 15) is 18.0 Å². The molecule has 0 unspecified atom stereocenters. The monoisotopic (exact) mass is 319 g/mol. The molecule has 2 saturated carbocycles. The lowest BCUT2D eigenvalue weighted by Crippen LogP contribution is -2.50. The molecule has 21 heavy (non-hydrogen) atoms. The Labute approximate surface area is 127 Å². The summed E-state index contributed by atoms with van der Waals surface area (Å²) in [5.41, 5.74) is 0. The van der Waals surface area contributed by atoms with Gasteiger partial charge in [0.1, 0.15) is 0 Å². The third-order valence-corrected chi connectivity index (χ3v) is 7.07. The molecule has 0 spiro atoms. The number of fused-ring (bicyclic) bond motifs is 2. The van der Waals surface area contributed by atoms with Crippen molar-refractivity contribution in [2.75, 3.05) is 0 Å². The molecule has 1 heterocycles. The maximum absolute atomic E-state index is 13.4. The minimum atomic E-state index is -4.55. The Morgan fingerprint density at radius 2 is 2.05 bits per heavy atom. The van der Waals surface area contributed by atoms with Crippen molar-refractivity contribution in [3.63, 3.8) is 0 Å². The molecule has 4 atom stereocenters. The maximum Gasteiger partial charge on any atom is 0.412 e. The zero-order chi connectivity index (χ0) is 15.4. The molecule has 0 saturated heterocycles. The first-order chi connectivity index (χ1) is 9.74. The zero-order valence-corrected chi connectivity index (χ0v) is 13.1. The summed E-state index contributed by atoms with van der Waals surface area (Å²) in [6.07, 6.45) is 0.767. The molecule has 0 aromatic heterocycles. The van der Waals surface area contributed by atoms with Gasteiger partial charge in [0, 0.05) is 0 Å². The molecule has 0 aromatic carbocycles. The molecule has 2 nitrogen and oxygen atoms in total. The minimum absolute atomic E-state index is 0.406. The van der Waals surface area contributed by atoms with E-state index in [1.165, 1.54) is 33.1 Å². The van der Waals surface area contributed by atoms with Gasteiger partial charge in [-0.2, -0.15) is 13.2 Å². The van der Waals surface area contributed by atoms with Crippen LogP contribution in [0, 0.1) is 23.7 Å². The number of nitrogens with zero attached hydrogens (tertiary/aromatic N) is 1. The van der Waals surface area contributed by atoms with E-state index in [2.05, 4.69) is 4.99 Å². The van der Waals surface area contributed by atoms with Crippen molar-refractivity contribution in [3.8, 4) is 0 Å². The van der Waals surface area contributed by atoms with Gasteiger partial charge in [-0.25, -0.2) is 4.99 Å². The highest BCUT2D eigenvalue weighted by atomic mass is 32.2. The zero-order valence-electron chi connectivity index (χ0n) is 12.2. The predicted octanol–water partition coefficient (Wildman–Crippen LogP) is 4.44. The molecule has 3 rings (SSSR count). The standard InChI is InChI=1S/C15H20F3NOS/c1-8(2)14(15(16,17)18)13(20)19-12(21-14)7-11-6-9-3-4-10(11)5-9/h8-11H,3-7H2,1-2H3/t9-,10+,11-,14+/m1/s1. The highest BCUT2D eigenvalue weighted by Crippen LogP contribution is 2.55. The van der Waals surface area contributed by atoms with Gasteiger partial charge in [-0.1, -0.05) is 32.0 Å². The Morgan fingerprint density at radius 3 is 2.48 bits per heavy atom. The fraction of sp³-hybridized carbons (Fsp3) is 0.867. The normalized spacial score (nSPS) is 39.4. The van der Waals surface area contributed by atoms with Gasteiger partial charge in [0.05, 0.1) is 5.04 Å². The third-order valence-electron chi connectivity index (χ3n) is 5.38. The van der Waals surface area contributed by atoms with Gasteiger partial charge in [-0.05, 0) is 49.4 Å². The number of hydrogen-bond acceptors (Lipinski definition) is 2. The third kappa shape index (κ3) is 2.34. The van der Waals surface area contributed by atoms with Crippen molar-refractivity contribution >= 4 is 22.7 Å². The van der Waals surface area contributed by atoms with Gasteiger partial charge < -0.3 is 0 Å². The largest absolute Gasteiger partial charge is 0.412 e. The van der Waals surface area contributed by atoms with Crippen molar-refractivity contribution in [1.29, 1.82) is 0 Å². The minimum Gasteiger partial charge on any atom is -0.271 e. The van der Waals surface area contributed by atoms with Crippen LogP contribution in [0.25, 0.3) is 0 Å². The Bertz CT molecular complexity index is 488. The van der Waals surface area contributed by atoms with Crippen LogP contribution in [-0.2, 0) is 4.79 Å². The predicted molar refractivity (Wildman–Crippen MR) is 77.2 cm³/mol. The number of halogens is 3. The topological polar surface area (TPSA) is 29.4 Å². The molecular formula is C15H20F3NOS. The molecule has 2 bridgehead atoms. The van der Waals surface area contributed by atoms with E-state index in [0.717, 1.165) is 12.3 Å². The van der Waals surface area contributed by atoms with Crippen LogP contribution < -0.4 is 0 Å². The number of carbonyl (C=O) groups excluding carboxylic acids is 1. The molecular weight excluding hydrogens is 299 g/mol. The van der Waals surface area contributed by atoms with Gasteiger partial charge in [0.15, 0.2) is 4.75 Å². The second-order valence-electron chi connectivity index (χ2n) is 6.94.